The number of nitrogens with zero attached hydrogens (tertiary/aromatic N) is 1. The van der Waals surface area contributed by atoms with Gasteiger partial charge in [0.2, 0.25) is 0 Å². The summed E-state index contributed by atoms with van der Waals surface area (Å²) in [5.41, 5.74) is -0.590. The Morgan fingerprint density at radius 2 is 1.86 bits per heavy atom. The minimum Gasteiger partial charge on any atom is -0.465 e. The summed E-state index contributed by atoms with van der Waals surface area (Å²) < 4.78 is 61.5. The molecule has 118 valence electrons. The van der Waals surface area contributed by atoms with Gasteiger partial charge in [0.15, 0.2) is 0 Å². The second-order valence-corrected chi connectivity index (χ2v) is 3.62. The molecule has 0 aliphatic heterocycles. The predicted octanol–water partition coefficient (Wildman–Crippen LogP) is 2.97. The number of rotatable bonds is 6. The van der Waals surface area contributed by atoms with Crippen LogP contribution in [0.25, 0.3) is 6.08 Å². The van der Waals surface area contributed by atoms with Gasteiger partial charge in [-0.1, -0.05) is 0 Å². The topological polar surface area (TPSA) is 68.6 Å². The second-order valence-electron chi connectivity index (χ2n) is 3.62. The van der Waals surface area contributed by atoms with E-state index in [4.69, 9.17) is 5.26 Å². The molecule has 0 radical (unpaired) electrons. The van der Waals surface area contributed by atoms with Crippen LogP contribution in [0.3, 0.4) is 0 Å². The lowest BCUT2D eigenvalue weighted by atomic mass is 10.1. The molecular formula is C13H9F4NO4. The van der Waals surface area contributed by atoms with Gasteiger partial charge < -0.3 is 14.2 Å². The predicted molar refractivity (Wildman–Crippen MR) is 65.3 cm³/mol. The zero-order chi connectivity index (χ0) is 16.7. The van der Waals surface area contributed by atoms with Crippen molar-refractivity contribution in [3.05, 3.63) is 29.3 Å². The fraction of sp³-hybridized carbons (Fsp3) is 0.231. The summed E-state index contributed by atoms with van der Waals surface area (Å²) in [6.45, 7) is -6.39. The Hall–Kier alpha value is -2.76. The van der Waals surface area contributed by atoms with Gasteiger partial charge in [0.1, 0.15) is 23.1 Å². The molecule has 9 heteroatoms. The van der Waals surface area contributed by atoms with Crippen molar-refractivity contribution in [2.45, 2.75) is 13.2 Å². The number of alkyl halides is 4. The van der Waals surface area contributed by atoms with E-state index in [1.165, 1.54) is 6.07 Å². The number of halogens is 4. The number of hydrogen-bond donors (Lipinski definition) is 0. The van der Waals surface area contributed by atoms with Crippen molar-refractivity contribution < 1.29 is 36.6 Å². The molecule has 0 spiro atoms. The first-order valence-electron chi connectivity index (χ1n) is 5.61. The van der Waals surface area contributed by atoms with E-state index < -0.39 is 36.3 Å². The standard InChI is InChI=1S/C13H9F4NO4/c1-20-11(19)8(6-18)4-7-2-3-9(21-12(14)15)5-10(7)22-13(16)17/h2-5,12-13H,1H3/b8-4-. The molecule has 0 amide bonds. The first-order chi connectivity index (χ1) is 10.4. The molecule has 5 nitrogen and oxygen atoms in total. The summed E-state index contributed by atoms with van der Waals surface area (Å²) in [7, 11) is 1.03. The third-order valence-electron chi connectivity index (χ3n) is 2.25. The van der Waals surface area contributed by atoms with Crippen LogP contribution >= 0.6 is 0 Å². The number of nitriles is 1. The lowest BCUT2D eigenvalue weighted by Crippen LogP contribution is -2.07. The zero-order valence-electron chi connectivity index (χ0n) is 11.1. The second kappa shape index (κ2) is 7.87. The average molecular weight is 319 g/mol. The van der Waals surface area contributed by atoms with Crippen LogP contribution in [-0.4, -0.2) is 26.3 Å². The summed E-state index contributed by atoms with van der Waals surface area (Å²) in [6.07, 6.45) is 0.926. The van der Waals surface area contributed by atoms with Crippen LogP contribution in [0.1, 0.15) is 5.56 Å². The highest BCUT2D eigenvalue weighted by atomic mass is 19.3. The molecule has 1 aromatic carbocycles. The van der Waals surface area contributed by atoms with E-state index in [0.29, 0.717) is 0 Å². The molecule has 0 bridgehead atoms. The smallest absolute Gasteiger partial charge is 0.387 e. The Labute approximate surface area is 122 Å². The van der Waals surface area contributed by atoms with Gasteiger partial charge in [0.25, 0.3) is 0 Å². The fourth-order valence-electron chi connectivity index (χ4n) is 1.41. The van der Waals surface area contributed by atoms with Gasteiger partial charge in [-0.2, -0.15) is 22.8 Å². The average Bonchev–Trinajstić information content (AvgIpc) is 2.44. The van der Waals surface area contributed by atoms with Crippen LogP contribution < -0.4 is 9.47 Å². The summed E-state index contributed by atoms with van der Waals surface area (Å²) >= 11 is 0. The molecule has 0 unspecified atom stereocenters. The van der Waals surface area contributed by atoms with E-state index in [0.717, 1.165) is 31.4 Å². The number of methoxy groups -OCH3 is 1. The van der Waals surface area contributed by atoms with Crippen LogP contribution in [0, 0.1) is 11.3 Å². The Morgan fingerprint density at radius 1 is 1.23 bits per heavy atom. The van der Waals surface area contributed by atoms with Crippen molar-refractivity contribution in [3.8, 4) is 17.6 Å². The number of ether oxygens (including phenoxy) is 3. The molecule has 0 aromatic heterocycles. The first kappa shape index (κ1) is 17.3. The largest absolute Gasteiger partial charge is 0.465 e. The summed E-state index contributed by atoms with van der Waals surface area (Å²) in [4.78, 5) is 11.3. The minimum absolute atomic E-state index is 0.108. The van der Waals surface area contributed by atoms with E-state index in [1.807, 2.05) is 0 Å². The van der Waals surface area contributed by atoms with Crippen molar-refractivity contribution in [1.82, 2.24) is 0 Å². The highest BCUT2D eigenvalue weighted by Crippen LogP contribution is 2.29. The normalized spacial score (nSPS) is 11.3. The van der Waals surface area contributed by atoms with Crippen LogP contribution in [0.5, 0.6) is 11.5 Å². The van der Waals surface area contributed by atoms with Crippen molar-refractivity contribution in [3.63, 3.8) is 0 Å². The number of esters is 1. The maximum Gasteiger partial charge on any atom is 0.387 e. The molecule has 22 heavy (non-hydrogen) atoms. The van der Waals surface area contributed by atoms with Crippen LogP contribution in [-0.2, 0) is 9.53 Å². The Kier molecular flexibility index (Phi) is 6.19. The van der Waals surface area contributed by atoms with E-state index in [2.05, 4.69) is 14.2 Å². The summed E-state index contributed by atoms with van der Waals surface area (Å²) in [5.74, 6) is -1.94. The van der Waals surface area contributed by atoms with E-state index in [-0.39, 0.29) is 5.56 Å². The van der Waals surface area contributed by atoms with Crippen molar-refractivity contribution in [2.75, 3.05) is 7.11 Å². The molecule has 0 fully saturated rings. The lowest BCUT2D eigenvalue weighted by molar-refractivity contribution is -0.135. The third kappa shape index (κ3) is 4.97. The number of carbonyl (C=O) groups excluding carboxylic acids is 1. The quantitative estimate of drug-likeness (QED) is 0.349. The molecule has 1 aromatic rings. The van der Waals surface area contributed by atoms with Gasteiger partial charge >= 0.3 is 19.2 Å². The monoisotopic (exact) mass is 319 g/mol. The Bertz CT molecular complexity index is 611. The highest BCUT2D eigenvalue weighted by molar-refractivity contribution is 5.98. The van der Waals surface area contributed by atoms with Gasteiger partial charge in [-0.05, 0) is 18.2 Å². The highest BCUT2D eigenvalue weighted by Gasteiger charge is 2.15. The van der Waals surface area contributed by atoms with Gasteiger partial charge in [-0.3, -0.25) is 0 Å². The molecule has 0 aliphatic rings. The molecule has 0 atom stereocenters. The number of benzene rings is 1. The molecule has 0 saturated heterocycles. The van der Waals surface area contributed by atoms with Gasteiger partial charge in [-0.25, -0.2) is 4.79 Å². The zero-order valence-corrected chi connectivity index (χ0v) is 11.1. The molecular weight excluding hydrogens is 310 g/mol. The number of hydrogen-bond acceptors (Lipinski definition) is 5. The number of carbonyl (C=O) groups is 1. The van der Waals surface area contributed by atoms with Crippen LogP contribution in [0.4, 0.5) is 17.6 Å². The molecule has 0 heterocycles. The molecule has 0 saturated carbocycles. The third-order valence-corrected chi connectivity index (χ3v) is 2.25. The first-order valence-corrected chi connectivity index (χ1v) is 5.61. The van der Waals surface area contributed by atoms with E-state index >= 15 is 0 Å². The maximum atomic E-state index is 12.4. The Morgan fingerprint density at radius 3 is 2.36 bits per heavy atom. The van der Waals surface area contributed by atoms with Crippen LogP contribution in [0.2, 0.25) is 0 Å². The summed E-state index contributed by atoms with van der Waals surface area (Å²) in [5, 5.41) is 8.80. The summed E-state index contributed by atoms with van der Waals surface area (Å²) in [6, 6.07) is 4.43. The molecule has 0 N–H and O–H groups in total. The van der Waals surface area contributed by atoms with Crippen molar-refractivity contribution in [2.24, 2.45) is 0 Å². The van der Waals surface area contributed by atoms with Gasteiger partial charge in [0.05, 0.1) is 7.11 Å². The van der Waals surface area contributed by atoms with Crippen LogP contribution in [0.15, 0.2) is 23.8 Å². The van der Waals surface area contributed by atoms with Gasteiger partial charge in [-0.15, -0.1) is 0 Å². The SMILES string of the molecule is COC(=O)/C(C#N)=C\c1ccc(OC(F)F)cc1OC(F)F. The Balaban J connectivity index is 3.25. The van der Waals surface area contributed by atoms with Gasteiger partial charge in [0, 0.05) is 11.6 Å². The van der Waals surface area contributed by atoms with Crippen molar-refractivity contribution >= 4 is 12.0 Å². The lowest BCUT2D eigenvalue weighted by Gasteiger charge is -2.11. The minimum atomic E-state index is -3.24. The molecule has 0 aliphatic carbocycles. The fourth-order valence-corrected chi connectivity index (χ4v) is 1.41. The molecule has 1 rings (SSSR count). The van der Waals surface area contributed by atoms with E-state index in [1.54, 1.807) is 0 Å². The van der Waals surface area contributed by atoms with Crippen molar-refractivity contribution in [1.29, 1.82) is 5.26 Å². The maximum absolute atomic E-state index is 12.4. The van der Waals surface area contributed by atoms with E-state index in [9.17, 15) is 22.4 Å².